The number of halogens is 5. The average molecular weight is 419 g/mol. The highest BCUT2D eigenvalue weighted by atomic mass is 35.5. The number of benzene rings is 2. The standard InChI is InChI=1S/C17H11ClF4N2O2S/c18-10-6-9(2-3-11(10)19)23-15(25)7-14-16(26)24-12-5-8(17(20,21)22)1-4-13(12)27-14/h1-6,14H,7H2,(H,23,25)(H,24,26). The molecule has 0 aromatic heterocycles. The quantitative estimate of drug-likeness (QED) is 0.694. The van der Waals surface area contributed by atoms with E-state index in [1.165, 1.54) is 18.2 Å². The number of alkyl halides is 3. The van der Waals surface area contributed by atoms with Gasteiger partial charge in [0.2, 0.25) is 11.8 Å². The Balaban J connectivity index is 1.69. The Labute approximate surface area is 160 Å². The van der Waals surface area contributed by atoms with Gasteiger partial charge in [0.1, 0.15) is 5.82 Å². The summed E-state index contributed by atoms with van der Waals surface area (Å²) >= 11 is 6.64. The molecule has 1 atom stereocenters. The Morgan fingerprint density at radius 3 is 2.63 bits per heavy atom. The molecule has 0 radical (unpaired) electrons. The highest BCUT2D eigenvalue weighted by molar-refractivity contribution is 8.01. The van der Waals surface area contributed by atoms with Crippen molar-refractivity contribution in [1.29, 1.82) is 0 Å². The van der Waals surface area contributed by atoms with Crippen LogP contribution in [0.5, 0.6) is 0 Å². The molecule has 0 saturated carbocycles. The van der Waals surface area contributed by atoms with Crippen LogP contribution in [-0.2, 0) is 15.8 Å². The van der Waals surface area contributed by atoms with Crippen LogP contribution < -0.4 is 10.6 Å². The zero-order chi connectivity index (χ0) is 19.8. The number of thioether (sulfide) groups is 1. The van der Waals surface area contributed by atoms with E-state index in [1.54, 1.807) is 0 Å². The van der Waals surface area contributed by atoms with E-state index in [-0.39, 0.29) is 22.8 Å². The van der Waals surface area contributed by atoms with Crippen molar-refractivity contribution in [3.05, 3.63) is 52.8 Å². The lowest BCUT2D eigenvalue weighted by Crippen LogP contribution is -2.32. The molecule has 1 aliphatic heterocycles. The van der Waals surface area contributed by atoms with Gasteiger partial charge in [0.25, 0.3) is 0 Å². The Morgan fingerprint density at radius 1 is 1.22 bits per heavy atom. The number of carbonyl (C=O) groups is 2. The number of carbonyl (C=O) groups excluding carboxylic acids is 2. The maximum atomic E-state index is 13.1. The van der Waals surface area contributed by atoms with Crippen molar-refractivity contribution < 1.29 is 27.2 Å². The number of anilines is 2. The zero-order valence-corrected chi connectivity index (χ0v) is 14.9. The van der Waals surface area contributed by atoms with E-state index in [4.69, 9.17) is 11.6 Å². The topological polar surface area (TPSA) is 58.2 Å². The van der Waals surface area contributed by atoms with Gasteiger partial charge in [-0.25, -0.2) is 4.39 Å². The molecule has 2 amide bonds. The molecule has 2 N–H and O–H groups in total. The number of nitrogens with one attached hydrogen (secondary N) is 2. The molecular weight excluding hydrogens is 408 g/mol. The molecule has 0 fully saturated rings. The zero-order valence-electron chi connectivity index (χ0n) is 13.4. The van der Waals surface area contributed by atoms with Crippen LogP contribution >= 0.6 is 23.4 Å². The maximum absolute atomic E-state index is 13.1. The summed E-state index contributed by atoms with van der Waals surface area (Å²) in [6.45, 7) is 0. The third-order valence-corrected chi connectivity index (χ3v) is 5.27. The summed E-state index contributed by atoms with van der Waals surface area (Å²) in [5.74, 6) is -1.72. The first-order chi connectivity index (χ1) is 12.6. The fourth-order valence-corrected chi connectivity index (χ4v) is 3.69. The van der Waals surface area contributed by atoms with Gasteiger partial charge in [0.05, 0.1) is 21.5 Å². The number of hydrogen-bond acceptors (Lipinski definition) is 3. The van der Waals surface area contributed by atoms with Crippen molar-refractivity contribution in [2.45, 2.75) is 22.7 Å². The van der Waals surface area contributed by atoms with E-state index >= 15 is 0 Å². The van der Waals surface area contributed by atoms with Crippen molar-refractivity contribution in [1.82, 2.24) is 0 Å². The van der Waals surface area contributed by atoms with Crippen LogP contribution in [0.15, 0.2) is 41.3 Å². The minimum atomic E-state index is -4.52. The predicted molar refractivity (Wildman–Crippen MR) is 94.4 cm³/mol. The summed E-state index contributed by atoms with van der Waals surface area (Å²) in [7, 11) is 0. The summed E-state index contributed by atoms with van der Waals surface area (Å²) < 4.78 is 51.4. The van der Waals surface area contributed by atoms with E-state index in [0.717, 1.165) is 30.0 Å². The highest BCUT2D eigenvalue weighted by Crippen LogP contribution is 2.40. The SMILES string of the molecule is O=C(CC1Sc2ccc(C(F)(F)F)cc2NC1=O)Nc1ccc(F)c(Cl)c1. The maximum Gasteiger partial charge on any atom is 0.416 e. The molecule has 0 spiro atoms. The lowest BCUT2D eigenvalue weighted by molar-refractivity contribution is -0.137. The molecule has 1 unspecified atom stereocenters. The first-order valence-corrected chi connectivity index (χ1v) is 8.83. The van der Waals surface area contributed by atoms with Crippen LogP contribution in [0, 0.1) is 5.82 Å². The lowest BCUT2D eigenvalue weighted by Gasteiger charge is -2.24. The average Bonchev–Trinajstić information content (AvgIpc) is 2.57. The summed E-state index contributed by atoms with van der Waals surface area (Å²) in [6.07, 6.45) is -4.73. The van der Waals surface area contributed by atoms with Gasteiger partial charge in [0, 0.05) is 17.0 Å². The largest absolute Gasteiger partial charge is 0.416 e. The Kier molecular flexibility index (Phi) is 5.34. The van der Waals surface area contributed by atoms with Gasteiger partial charge in [-0.15, -0.1) is 11.8 Å². The highest BCUT2D eigenvalue weighted by Gasteiger charge is 2.34. The van der Waals surface area contributed by atoms with Gasteiger partial charge in [-0.2, -0.15) is 13.2 Å². The summed E-state index contributed by atoms with van der Waals surface area (Å²) in [5, 5.41) is 3.92. The van der Waals surface area contributed by atoms with Gasteiger partial charge in [-0.3, -0.25) is 9.59 Å². The van der Waals surface area contributed by atoms with Gasteiger partial charge in [-0.05, 0) is 36.4 Å². The number of amides is 2. The molecule has 2 aromatic carbocycles. The number of fused-ring (bicyclic) bond motifs is 1. The van der Waals surface area contributed by atoms with E-state index < -0.39 is 34.6 Å². The summed E-state index contributed by atoms with van der Waals surface area (Å²) in [5.41, 5.74) is -0.545. The first kappa shape index (κ1) is 19.5. The van der Waals surface area contributed by atoms with Crippen LogP contribution in [0.4, 0.5) is 28.9 Å². The summed E-state index contributed by atoms with van der Waals surface area (Å²) in [6, 6.07) is 6.68. The van der Waals surface area contributed by atoms with Crippen molar-refractivity contribution in [3.8, 4) is 0 Å². The number of rotatable bonds is 3. The second-order valence-corrected chi connectivity index (χ2v) is 7.34. The monoisotopic (exact) mass is 418 g/mol. The van der Waals surface area contributed by atoms with Gasteiger partial charge < -0.3 is 10.6 Å². The van der Waals surface area contributed by atoms with E-state index in [9.17, 15) is 27.2 Å². The molecule has 2 aromatic rings. The van der Waals surface area contributed by atoms with Crippen LogP contribution in [0.3, 0.4) is 0 Å². The molecule has 0 saturated heterocycles. The molecule has 3 rings (SSSR count). The molecule has 0 aliphatic carbocycles. The van der Waals surface area contributed by atoms with Gasteiger partial charge in [-0.1, -0.05) is 11.6 Å². The van der Waals surface area contributed by atoms with Gasteiger partial charge in [0.15, 0.2) is 0 Å². The Hall–Kier alpha value is -2.26. The molecule has 1 heterocycles. The van der Waals surface area contributed by atoms with E-state index in [0.29, 0.717) is 4.90 Å². The molecule has 10 heteroatoms. The van der Waals surface area contributed by atoms with E-state index in [1.807, 2.05) is 0 Å². The molecule has 0 bridgehead atoms. The second-order valence-electron chi connectivity index (χ2n) is 5.69. The number of hydrogen-bond donors (Lipinski definition) is 2. The molecule has 4 nitrogen and oxygen atoms in total. The third-order valence-electron chi connectivity index (χ3n) is 3.70. The molecule has 1 aliphatic rings. The van der Waals surface area contributed by atoms with Crippen molar-refractivity contribution in [2.75, 3.05) is 10.6 Å². The van der Waals surface area contributed by atoms with Crippen molar-refractivity contribution in [2.24, 2.45) is 0 Å². The lowest BCUT2D eigenvalue weighted by atomic mass is 10.1. The molecule has 142 valence electrons. The van der Waals surface area contributed by atoms with Crippen molar-refractivity contribution in [3.63, 3.8) is 0 Å². The minimum Gasteiger partial charge on any atom is -0.326 e. The normalized spacial score (nSPS) is 16.5. The summed E-state index contributed by atoms with van der Waals surface area (Å²) in [4.78, 5) is 24.7. The van der Waals surface area contributed by atoms with E-state index in [2.05, 4.69) is 10.6 Å². The smallest absolute Gasteiger partial charge is 0.326 e. The van der Waals surface area contributed by atoms with Crippen LogP contribution in [-0.4, -0.2) is 17.1 Å². The molecule has 27 heavy (non-hydrogen) atoms. The van der Waals surface area contributed by atoms with Crippen LogP contribution in [0.25, 0.3) is 0 Å². The van der Waals surface area contributed by atoms with Crippen molar-refractivity contribution >= 4 is 46.6 Å². The fraction of sp³-hybridized carbons (Fsp3) is 0.176. The van der Waals surface area contributed by atoms with Gasteiger partial charge >= 0.3 is 6.18 Å². The predicted octanol–water partition coefficient (Wildman–Crippen LogP) is 4.94. The second kappa shape index (κ2) is 7.40. The third kappa shape index (κ3) is 4.54. The Morgan fingerprint density at radius 2 is 1.96 bits per heavy atom. The van der Waals surface area contributed by atoms with Crippen LogP contribution in [0.1, 0.15) is 12.0 Å². The first-order valence-electron chi connectivity index (χ1n) is 7.57. The fourth-order valence-electron chi connectivity index (χ4n) is 2.42. The Bertz CT molecular complexity index is 920. The molecular formula is C17H11ClF4N2O2S. The van der Waals surface area contributed by atoms with Crippen LogP contribution in [0.2, 0.25) is 5.02 Å². The minimum absolute atomic E-state index is 0.0572.